The lowest BCUT2D eigenvalue weighted by Crippen LogP contribution is -2.34. The number of hydrogen-bond donors (Lipinski definition) is 0. The van der Waals surface area contributed by atoms with Crippen LogP contribution in [0.3, 0.4) is 0 Å². The van der Waals surface area contributed by atoms with Crippen LogP contribution in [0, 0.1) is 20.8 Å². The second kappa shape index (κ2) is 8.62. The summed E-state index contributed by atoms with van der Waals surface area (Å²) in [7, 11) is 0. The Balaban J connectivity index is 1.47. The van der Waals surface area contributed by atoms with Gasteiger partial charge >= 0.3 is 0 Å². The summed E-state index contributed by atoms with van der Waals surface area (Å²) in [4.78, 5) is 17.3. The molecule has 2 saturated heterocycles. The largest absolute Gasteiger partial charge is 0.319 e. The molecule has 3 heterocycles. The molecule has 2 atom stereocenters. The van der Waals surface area contributed by atoms with Crippen molar-refractivity contribution >= 4 is 63.9 Å². The SMILES string of the molecule is Cc1ccc(C2SCC3C(=O)N(c4c(C)nn(Cc5ccc(Cl)cc5Cl)c4C)C(=S)N32)cc1. The number of aromatic nitrogens is 2. The molecule has 0 radical (unpaired) electrons. The average molecular weight is 518 g/mol. The summed E-state index contributed by atoms with van der Waals surface area (Å²) in [5.41, 5.74) is 5.66. The molecule has 0 saturated carbocycles. The van der Waals surface area contributed by atoms with Gasteiger partial charge in [0.1, 0.15) is 11.4 Å². The molecule has 0 spiro atoms. The number of carbonyl (C=O) groups excluding carboxylic acids is 1. The van der Waals surface area contributed by atoms with Crippen LogP contribution in [-0.2, 0) is 11.3 Å². The van der Waals surface area contributed by atoms with Gasteiger partial charge in [0.25, 0.3) is 5.91 Å². The Hall–Kier alpha value is -2.06. The molecule has 0 N–H and O–H groups in total. The Bertz CT molecular complexity index is 1270. The predicted molar refractivity (Wildman–Crippen MR) is 139 cm³/mol. The zero-order valence-corrected chi connectivity index (χ0v) is 21.5. The summed E-state index contributed by atoms with van der Waals surface area (Å²) in [6.45, 7) is 6.42. The van der Waals surface area contributed by atoms with E-state index in [1.165, 1.54) is 5.56 Å². The number of amides is 1. The first-order valence-electron chi connectivity index (χ1n) is 10.6. The van der Waals surface area contributed by atoms with Gasteiger partial charge in [0.2, 0.25) is 0 Å². The minimum atomic E-state index is -0.262. The summed E-state index contributed by atoms with van der Waals surface area (Å²) in [5, 5.41) is 6.45. The Morgan fingerprint density at radius 3 is 2.55 bits per heavy atom. The fourth-order valence-electron chi connectivity index (χ4n) is 4.46. The molecule has 170 valence electrons. The van der Waals surface area contributed by atoms with Gasteiger partial charge in [-0.25, -0.2) is 0 Å². The number of rotatable bonds is 4. The van der Waals surface area contributed by atoms with E-state index in [4.69, 9.17) is 40.5 Å². The molecule has 0 aliphatic carbocycles. The van der Waals surface area contributed by atoms with E-state index in [0.29, 0.717) is 27.5 Å². The molecule has 3 aromatic rings. The van der Waals surface area contributed by atoms with Crippen molar-refractivity contribution in [3.63, 3.8) is 0 Å². The normalized spacial score (nSPS) is 20.2. The van der Waals surface area contributed by atoms with Crippen molar-refractivity contribution in [3.05, 3.63) is 80.6 Å². The molecule has 1 aromatic heterocycles. The van der Waals surface area contributed by atoms with E-state index in [0.717, 1.165) is 28.2 Å². The van der Waals surface area contributed by atoms with Gasteiger partial charge in [-0.1, -0.05) is 59.1 Å². The van der Waals surface area contributed by atoms with Crippen molar-refractivity contribution < 1.29 is 4.79 Å². The van der Waals surface area contributed by atoms with Crippen molar-refractivity contribution in [3.8, 4) is 0 Å². The Morgan fingerprint density at radius 1 is 1.12 bits per heavy atom. The number of hydrogen-bond acceptors (Lipinski definition) is 4. The number of thiocarbonyl (C=S) groups is 1. The third kappa shape index (κ3) is 3.85. The van der Waals surface area contributed by atoms with E-state index >= 15 is 0 Å². The Morgan fingerprint density at radius 2 is 1.85 bits per heavy atom. The molecular weight excluding hydrogens is 495 g/mol. The molecule has 2 fully saturated rings. The third-order valence-electron chi connectivity index (χ3n) is 6.18. The number of carbonyl (C=O) groups is 1. The van der Waals surface area contributed by atoms with Crippen molar-refractivity contribution in [2.75, 3.05) is 10.7 Å². The number of halogens is 2. The fraction of sp³-hybridized carbons (Fsp3) is 0.292. The summed E-state index contributed by atoms with van der Waals surface area (Å²) >= 11 is 20.1. The van der Waals surface area contributed by atoms with Crippen molar-refractivity contribution in [1.29, 1.82) is 0 Å². The van der Waals surface area contributed by atoms with Crippen molar-refractivity contribution in [2.45, 2.75) is 38.7 Å². The third-order valence-corrected chi connectivity index (χ3v) is 8.49. The van der Waals surface area contributed by atoms with Crippen LogP contribution in [0.25, 0.3) is 0 Å². The summed E-state index contributed by atoms with van der Waals surface area (Å²) < 4.78 is 1.87. The molecule has 5 nitrogen and oxygen atoms in total. The first-order chi connectivity index (χ1) is 15.8. The highest BCUT2D eigenvalue weighted by Gasteiger charge is 2.51. The van der Waals surface area contributed by atoms with E-state index in [9.17, 15) is 4.79 Å². The molecule has 2 aromatic carbocycles. The molecule has 1 amide bonds. The first-order valence-corrected chi connectivity index (χ1v) is 12.8. The van der Waals surface area contributed by atoms with Crippen molar-refractivity contribution in [2.24, 2.45) is 0 Å². The molecule has 2 unspecified atom stereocenters. The van der Waals surface area contributed by atoms with E-state index in [1.54, 1.807) is 22.7 Å². The van der Waals surface area contributed by atoms with Gasteiger partial charge in [-0.05, 0) is 56.2 Å². The summed E-state index contributed by atoms with van der Waals surface area (Å²) in [6.07, 6.45) is 0. The van der Waals surface area contributed by atoms with Crippen LogP contribution in [0.5, 0.6) is 0 Å². The van der Waals surface area contributed by atoms with E-state index in [2.05, 4.69) is 36.1 Å². The van der Waals surface area contributed by atoms with Gasteiger partial charge in [0.15, 0.2) is 5.11 Å². The number of fused-ring (bicyclic) bond motifs is 1. The number of nitrogens with zero attached hydrogens (tertiary/aromatic N) is 4. The van der Waals surface area contributed by atoms with E-state index in [1.807, 2.05) is 30.7 Å². The maximum Gasteiger partial charge on any atom is 0.257 e. The predicted octanol–water partition coefficient (Wildman–Crippen LogP) is 5.91. The number of aryl methyl sites for hydroxylation is 2. The number of thioether (sulfide) groups is 1. The van der Waals surface area contributed by atoms with Crippen LogP contribution >= 0.6 is 47.2 Å². The summed E-state index contributed by atoms with van der Waals surface area (Å²) in [6, 6.07) is 13.6. The Kier molecular flexibility index (Phi) is 5.93. The molecule has 5 rings (SSSR count). The van der Waals surface area contributed by atoms with Gasteiger partial charge in [-0.2, -0.15) is 5.10 Å². The topological polar surface area (TPSA) is 41.4 Å². The number of benzene rings is 2. The minimum Gasteiger partial charge on any atom is -0.319 e. The average Bonchev–Trinajstić information content (AvgIpc) is 3.39. The van der Waals surface area contributed by atoms with E-state index in [-0.39, 0.29) is 17.3 Å². The maximum atomic E-state index is 13.5. The van der Waals surface area contributed by atoms with Crippen LogP contribution in [0.2, 0.25) is 10.0 Å². The van der Waals surface area contributed by atoms with Gasteiger partial charge < -0.3 is 4.90 Å². The standard InChI is InChI=1S/C24H22Cl2N4OS2/c1-13-4-6-16(7-5-13)23-29-20(12-33-23)22(31)30(24(29)32)21-14(2)27-28(15(21)3)11-17-8-9-18(25)10-19(17)26/h4-10,20,23H,11-12H2,1-3H3. The monoisotopic (exact) mass is 516 g/mol. The number of anilines is 1. The maximum absolute atomic E-state index is 13.5. The van der Waals surface area contributed by atoms with Crippen LogP contribution in [-0.4, -0.2) is 37.5 Å². The lowest BCUT2D eigenvalue weighted by atomic mass is 10.1. The van der Waals surface area contributed by atoms with Gasteiger partial charge in [0.05, 0.1) is 23.6 Å². The second-order valence-corrected chi connectivity index (χ2v) is 10.7. The van der Waals surface area contributed by atoms with Gasteiger partial charge in [-0.3, -0.25) is 14.4 Å². The molecule has 9 heteroatoms. The zero-order valence-electron chi connectivity index (χ0n) is 18.4. The van der Waals surface area contributed by atoms with Crippen molar-refractivity contribution in [1.82, 2.24) is 14.7 Å². The highest BCUT2D eigenvalue weighted by atomic mass is 35.5. The van der Waals surface area contributed by atoms with Crippen LogP contribution in [0.1, 0.15) is 33.5 Å². The molecule has 2 aliphatic rings. The second-order valence-electron chi connectivity index (χ2n) is 8.39. The lowest BCUT2D eigenvalue weighted by Gasteiger charge is -2.25. The zero-order chi connectivity index (χ0) is 23.4. The molecule has 0 bridgehead atoms. The van der Waals surface area contributed by atoms with Crippen LogP contribution < -0.4 is 4.90 Å². The van der Waals surface area contributed by atoms with Crippen LogP contribution in [0.15, 0.2) is 42.5 Å². The van der Waals surface area contributed by atoms with Crippen LogP contribution in [0.4, 0.5) is 5.69 Å². The van der Waals surface area contributed by atoms with Gasteiger partial charge in [-0.15, -0.1) is 11.8 Å². The first kappa shape index (κ1) is 22.7. The van der Waals surface area contributed by atoms with Gasteiger partial charge in [0, 0.05) is 15.8 Å². The fourth-order valence-corrected chi connectivity index (χ4v) is 6.83. The molecule has 33 heavy (non-hydrogen) atoms. The smallest absolute Gasteiger partial charge is 0.257 e. The highest BCUT2D eigenvalue weighted by molar-refractivity contribution is 7.99. The lowest BCUT2D eigenvalue weighted by molar-refractivity contribution is -0.119. The minimum absolute atomic E-state index is 0.0115. The summed E-state index contributed by atoms with van der Waals surface area (Å²) in [5.74, 6) is 0.720. The van der Waals surface area contributed by atoms with E-state index < -0.39 is 0 Å². The molecular formula is C24H22Cl2N4OS2. The highest BCUT2D eigenvalue weighted by Crippen LogP contribution is 2.47. The Labute approximate surface area is 212 Å². The quantitative estimate of drug-likeness (QED) is 0.403. The molecule has 2 aliphatic heterocycles.